The molecule has 142 valence electrons. The molecule has 2 aromatic carbocycles. The van der Waals surface area contributed by atoms with E-state index in [-0.39, 0.29) is 16.4 Å². The fourth-order valence-corrected chi connectivity index (χ4v) is 3.10. The van der Waals surface area contributed by atoms with E-state index in [0.29, 0.717) is 5.82 Å². The second kappa shape index (κ2) is 6.59. The van der Waals surface area contributed by atoms with Crippen LogP contribution in [0.15, 0.2) is 48.7 Å². The van der Waals surface area contributed by atoms with E-state index < -0.39 is 11.6 Å². The van der Waals surface area contributed by atoms with Crippen LogP contribution in [0.3, 0.4) is 0 Å². The van der Waals surface area contributed by atoms with E-state index in [4.69, 9.17) is 4.98 Å². The standard InChI is InChI=1S/C23H26F2N2/c1-22(2,3)17-9-7-8-10-19(17)27-14-20(23(4,5)6)26-21(27)16-12-11-15(24)13-18(16)25/h7-14H,1-6H3. The number of aromatic nitrogens is 2. The first-order valence-corrected chi connectivity index (χ1v) is 9.13. The zero-order chi connectivity index (χ0) is 20.0. The summed E-state index contributed by atoms with van der Waals surface area (Å²) in [5, 5.41) is 0. The van der Waals surface area contributed by atoms with Crippen molar-refractivity contribution in [3.8, 4) is 17.1 Å². The van der Waals surface area contributed by atoms with Crippen LogP contribution in [-0.2, 0) is 10.8 Å². The minimum Gasteiger partial charge on any atom is -0.299 e. The maximum absolute atomic E-state index is 14.6. The van der Waals surface area contributed by atoms with Crippen LogP contribution >= 0.6 is 0 Å². The van der Waals surface area contributed by atoms with Crippen LogP contribution < -0.4 is 0 Å². The molecule has 0 atom stereocenters. The largest absolute Gasteiger partial charge is 0.299 e. The van der Waals surface area contributed by atoms with Crippen LogP contribution in [0.2, 0.25) is 0 Å². The van der Waals surface area contributed by atoms with Crippen LogP contribution in [0.4, 0.5) is 8.78 Å². The summed E-state index contributed by atoms with van der Waals surface area (Å²) in [6.07, 6.45) is 1.96. The molecule has 0 unspecified atom stereocenters. The zero-order valence-electron chi connectivity index (χ0n) is 16.8. The Morgan fingerprint density at radius 3 is 2.11 bits per heavy atom. The Hall–Kier alpha value is -2.49. The van der Waals surface area contributed by atoms with Gasteiger partial charge in [-0.15, -0.1) is 0 Å². The summed E-state index contributed by atoms with van der Waals surface area (Å²) < 4.78 is 29.9. The van der Waals surface area contributed by atoms with Crippen LogP contribution in [0.5, 0.6) is 0 Å². The SMILES string of the molecule is CC(C)(C)c1cn(-c2ccccc2C(C)(C)C)c(-c2ccc(F)cc2F)n1. The average Bonchev–Trinajstić information content (AvgIpc) is 2.99. The summed E-state index contributed by atoms with van der Waals surface area (Å²) >= 11 is 0. The monoisotopic (exact) mass is 368 g/mol. The van der Waals surface area contributed by atoms with Gasteiger partial charge in [0.1, 0.15) is 17.5 Å². The smallest absolute Gasteiger partial charge is 0.147 e. The number of hydrogen-bond acceptors (Lipinski definition) is 1. The van der Waals surface area contributed by atoms with Crippen LogP contribution in [-0.4, -0.2) is 9.55 Å². The van der Waals surface area contributed by atoms with Crippen LogP contribution in [0, 0.1) is 11.6 Å². The first kappa shape index (κ1) is 19.3. The topological polar surface area (TPSA) is 17.8 Å². The Morgan fingerprint density at radius 2 is 1.52 bits per heavy atom. The van der Waals surface area contributed by atoms with Crippen LogP contribution in [0.1, 0.15) is 52.8 Å². The Morgan fingerprint density at radius 1 is 0.852 bits per heavy atom. The van der Waals surface area contributed by atoms with Gasteiger partial charge in [-0.25, -0.2) is 13.8 Å². The molecule has 4 heteroatoms. The molecule has 0 saturated carbocycles. The Bertz CT molecular complexity index is 973. The molecule has 0 N–H and O–H groups in total. The number of benzene rings is 2. The molecule has 0 aliphatic heterocycles. The molecule has 1 heterocycles. The Labute approximate surface area is 159 Å². The van der Waals surface area contributed by atoms with E-state index in [9.17, 15) is 8.78 Å². The van der Waals surface area contributed by atoms with E-state index in [0.717, 1.165) is 23.0 Å². The van der Waals surface area contributed by atoms with E-state index in [2.05, 4.69) is 47.6 Å². The summed E-state index contributed by atoms with van der Waals surface area (Å²) in [4.78, 5) is 4.74. The molecule has 27 heavy (non-hydrogen) atoms. The lowest BCUT2D eigenvalue weighted by molar-refractivity contribution is 0.571. The molecule has 3 aromatic rings. The molecule has 0 spiro atoms. The first-order chi connectivity index (χ1) is 12.5. The minimum atomic E-state index is -0.615. The fraction of sp³-hybridized carbons (Fsp3) is 0.348. The van der Waals surface area contributed by atoms with Crippen LogP contribution in [0.25, 0.3) is 17.1 Å². The molecule has 0 radical (unpaired) electrons. The second-order valence-corrected chi connectivity index (χ2v) is 8.96. The van der Waals surface area contributed by atoms with Crippen molar-refractivity contribution in [1.29, 1.82) is 0 Å². The Kier molecular flexibility index (Phi) is 4.71. The third kappa shape index (κ3) is 3.80. The van der Waals surface area contributed by atoms with Crippen molar-refractivity contribution >= 4 is 0 Å². The first-order valence-electron chi connectivity index (χ1n) is 9.13. The van der Waals surface area contributed by atoms with Crippen molar-refractivity contribution in [3.05, 3.63) is 71.6 Å². The van der Waals surface area contributed by atoms with Crippen molar-refractivity contribution in [2.24, 2.45) is 0 Å². The van der Waals surface area contributed by atoms with E-state index in [1.54, 1.807) is 0 Å². The molecular weight excluding hydrogens is 342 g/mol. The van der Waals surface area contributed by atoms with Crippen molar-refractivity contribution < 1.29 is 8.78 Å². The molecule has 0 aliphatic carbocycles. The van der Waals surface area contributed by atoms with Gasteiger partial charge in [0.15, 0.2) is 0 Å². The number of imidazole rings is 1. The maximum Gasteiger partial charge on any atom is 0.147 e. The normalized spacial score (nSPS) is 12.4. The highest BCUT2D eigenvalue weighted by Crippen LogP contribution is 2.34. The van der Waals surface area contributed by atoms with Crippen molar-refractivity contribution in [2.45, 2.75) is 52.4 Å². The lowest BCUT2D eigenvalue weighted by atomic mass is 9.85. The molecule has 0 bridgehead atoms. The lowest BCUT2D eigenvalue weighted by Gasteiger charge is -2.24. The van der Waals surface area contributed by atoms with Gasteiger partial charge >= 0.3 is 0 Å². The molecule has 2 nitrogen and oxygen atoms in total. The highest BCUT2D eigenvalue weighted by Gasteiger charge is 2.25. The van der Waals surface area contributed by atoms with Crippen molar-refractivity contribution in [1.82, 2.24) is 9.55 Å². The fourth-order valence-electron chi connectivity index (χ4n) is 3.10. The van der Waals surface area contributed by atoms with Crippen molar-refractivity contribution in [3.63, 3.8) is 0 Å². The molecule has 3 rings (SSSR count). The number of halogens is 2. The summed E-state index contributed by atoms with van der Waals surface area (Å²) in [7, 11) is 0. The van der Waals surface area contributed by atoms with Gasteiger partial charge in [0.25, 0.3) is 0 Å². The van der Waals surface area contributed by atoms with E-state index in [1.807, 2.05) is 29.0 Å². The highest BCUT2D eigenvalue weighted by atomic mass is 19.1. The summed E-state index contributed by atoms with van der Waals surface area (Å²) in [5.74, 6) is -0.731. The van der Waals surface area contributed by atoms with Gasteiger partial charge in [-0.05, 0) is 29.2 Å². The number of hydrogen-bond donors (Lipinski definition) is 0. The third-order valence-electron chi connectivity index (χ3n) is 4.62. The molecular formula is C23H26F2N2. The molecule has 0 amide bonds. The van der Waals surface area contributed by atoms with Gasteiger partial charge in [0.2, 0.25) is 0 Å². The molecule has 0 fully saturated rings. The van der Waals surface area contributed by atoms with Gasteiger partial charge < -0.3 is 0 Å². The molecule has 1 aromatic heterocycles. The van der Waals surface area contributed by atoms with Gasteiger partial charge in [-0.2, -0.15) is 0 Å². The minimum absolute atomic E-state index is 0.0959. The summed E-state index contributed by atoms with van der Waals surface area (Å²) in [6.45, 7) is 12.6. The van der Waals surface area contributed by atoms with E-state index >= 15 is 0 Å². The van der Waals surface area contributed by atoms with Gasteiger partial charge in [-0.1, -0.05) is 59.7 Å². The number of rotatable bonds is 2. The van der Waals surface area contributed by atoms with Gasteiger partial charge in [0, 0.05) is 17.7 Å². The van der Waals surface area contributed by atoms with Gasteiger partial charge in [-0.3, -0.25) is 4.57 Å². The predicted octanol–water partition coefficient (Wildman–Crippen LogP) is 6.41. The Balaban J connectivity index is 2.32. The summed E-state index contributed by atoms with van der Waals surface area (Å²) in [5.41, 5.74) is 2.92. The zero-order valence-corrected chi connectivity index (χ0v) is 16.8. The predicted molar refractivity (Wildman–Crippen MR) is 106 cm³/mol. The third-order valence-corrected chi connectivity index (χ3v) is 4.62. The van der Waals surface area contributed by atoms with E-state index in [1.165, 1.54) is 12.1 Å². The number of para-hydroxylation sites is 1. The summed E-state index contributed by atoms with van der Waals surface area (Å²) in [6, 6.07) is 11.7. The quantitative estimate of drug-likeness (QED) is 0.511. The van der Waals surface area contributed by atoms with Gasteiger partial charge in [0.05, 0.1) is 16.9 Å². The molecule has 0 aliphatic rings. The highest BCUT2D eigenvalue weighted by molar-refractivity contribution is 5.62. The van der Waals surface area contributed by atoms with Crippen molar-refractivity contribution in [2.75, 3.05) is 0 Å². The lowest BCUT2D eigenvalue weighted by Crippen LogP contribution is -2.15. The number of nitrogens with zero attached hydrogens (tertiary/aromatic N) is 2. The maximum atomic E-state index is 14.6. The average molecular weight is 368 g/mol. The second-order valence-electron chi connectivity index (χ2n) is 8.96. The molecule has 0 saturated heterocycles.